The average Bonchev–Trinajstić information content (AvgIpc) is 2.88. The zero-order valence-corrected chi connectivity index (χ0v) is 12.5. The topological polar surface area (TPSA) is 104 Å². The van der Waals surface area contributed by atoms with Crippen molar-refractivity contribution >= 4 is 27.3 Å². The first kappa shape index (κ1) is 15.4. The Kier molecular flexibility index (Phi) is 4.48. The van der Waals surface area contributed by atoms with Crippen LogP contribution in [0.25, 0.3) is 0 Å². The lowest BCUT2D eigenvalue weighted by Crippen LogP contribution is -2.44. The van der Waals surface area contributed by atoms with Gasteiger partial charge < -0.3 is 10.2 Å². The second-order valence-electron chi connectivity index (χ2n) is 5.06. The van der Waals surface area contributed by atoms with E-state index in [2.05, 4.69) is 4.72 Å². The molecule has 0 radical (unpaired) electrons. The van der Waals surface area contributed by atoms with Crippen LogP contribution in [0.15, 0.2) is 16.3 Å². The number of hydrogen-bond acceptors (Lipinski definition) is 5. The Bertz CT molecular complexity index is 587. The van der Waals surface area contributed by atoms with Gasteiger partial charge in [-0.3, -0.25) is 0 Å². The number of carbonyl (C=O) groups is 1. The van der Waals surface area contributed by atoms with E-state index in [9.17, 15) is 18.3 Å². The molecule has 0 saturated heterocycles. The number of aromatic carboxylic acids is 1. The third-order valence-electron chi connectivity index (χ3n) is 3.47. The molecule has 6 nitrogen and oxygen atoms in total. The average molecular weight is 319 g/mol. The van der Waals surface area contributed by atoms with Gasteiger partial charge in [-0.2, -0.15) is 0 Å². The van der Waals surface area contributed by atoms with Gasteiger partial charge in [0.2, 0.25) is 10.0 Å². The summed E-state index contributed by atoms with van der Waals surface area (Å²) in [5.41, 5.74) is -0.989. The first-order valence-electron chi connectivity index (χ1n) is 6.36. The fraction of sp³-hybridized carbons (Fsp3) is 0.583. The van der Waals surface area contributed by atoms with E-state index in [1.54, 1.807) is 0 Å². The highest BCUT2D eigenvalue weighted by atomic mass is 32.2. The third kappa shape index (κ3) is 3.57. The second-order valence-corrected chi connectivity index (χ2v) is 7.74. The summed E-state index contributed by atoms with van der Waals surface area (Å²) < 4.78 is 26.5. The Labute approximate surface area is 121 Å². The summed E-state index contributed by atoms with van der Waals surface area (Å²) in [6, 6.07) is 1.13. The first-order chi connectivity index (χ1) is 9.32. The molecule has 3 N–H and O–H groups in total. The number of carboxylic acid groups (broad SMARTS) is 1. The van der Waals surface area contributed by atoms with Crippen LogP contribution in [-0.4, -0.2) is 36.7 Å². The quantitative estimate of drug-likeness (QED) is 0.761. The largest absolute Gasteiger partial charge is 0.477 e. The van der Waals surface area contributed by atoms with Gasteiger partial charge in [-0.15, -0.1) is 11.3 Å². The number of nitrogens with one attached hydrogen (secondary N) is 1. The van der Waals surface area contributed by atoms with Crippen molar-refractivity contribution in [3.8, 4) is 0 Å². The monoisotopic (exact) mass is 319 g/mol. The van der Waals surface area contributed by atoms with Crippen LogP contribution in [0.3, 0.4) is 0 Å². The van der Waals surface area contributed by atoms with Crippen LogP contribution in [0.5, 0.6) is 0 Å². The molecule has 1 fully saturated rings. The molecule has 1 aliphatic rings. The molecule has 2 rings (SSSR count). The van der Waals surface area contributed by atoms with Crippen molar-refractivity contribution in [3.05, 3.63) is 16.3 Å². The van der Waals surface area contributed by atoms with Gasteiger partial charge in [-0.1, -0.05) is 19.3 Å². The minimum atomic E-state index is -3.77. The highest BCUT2D eigenvalue weighted by molar-refractivity contribution is 7.89. The summed E-state index contributed by atoms with van der Waals surface area (Å²) >= 11 is 0.864. The summed E-state index contributed by atoms with van der Waals surface area (Å²) in [5, 5.41) is 20.3. The molecule has 0 spiro atoms. The minimum absolute atomic E-state index is 0.0262. The molecule has 1 aliphatic carbocycles. The van der Waals surface area contributed by atoms with E-state index in [4.69, 9.17) is 5.11 Å². The number of carboxylic acids is 1. The molecule has 0 atom stereocenters. The van der Waals surface area contributed by atoms with Crippen molar-refractivity contribution in [1.29, 1.82) is 0 Å². The zero-order valence-electron chi connectivity index (χ0n) is 10.8. The van der Waals surface area contributed by atoms with Crippen molar-refractivity contribution < 1.29 is 23.4 Å². The zero-order chi connectivity index (χ0) is 14.8. The molecule has 0 amide bonds. The maximum absolute atomic E-state index is 12.0. The predicted molar refractivity (Wildman–Crippen MR) is 74.5 cm³/mol. The fourth-order valence-corrected chi connectivity index (χ4v) is 4.50. The van der Waals surface area contributed by atoms with Gasteiger partial charge in [0.05, 0.1) is 10.5 Å². The Balaban J connectivity index is 2.05. The van der Waals surface area contributed by atoms with E-state index in [1.807, 2.05) is 0 Å². The van der Waals surface area contributed by atoms with Crippen LogP contribution < -0.4 is 4.72 Å². The maximum Gasteiger partial charge on any atom is 0.345 e. The molecular formula is C12H17NO5S2. The number of hydrogen-bond donors (Lipinski definition) is 3. The smallest absolute Gasteiger partial charge is 0.345 e. The maximum atomic E-state index is 12.0. The molecule has 0 aliphatic heterocycles. The second kappa shape index (κ2) is 5.80. The van der Waals surface area contributed by atoms with Crippen LogP contribution in [0.2, 0.25) is 0 Å². The summed E-state index contributed by atoms with van der Waals surface area (Å²) in [7, 11) is -3.77. The van der Waals surface area contributed by atoms with Gasteiger partial charge in [0.15, 0.2) is 0 Å². The lowest BCUT2D eigenvalue weighted by Gasteiger charge is -2.31. The van der Waals surface area contributed by atoms with Crippen molar-refractivity contribution in [3.63, 3.8) is 0 Å². The van der Waals surface area contributed by atoms with Crippen LogP contribution in [0.1, 0.15) is 41.8 Å². The first-order valence-corrected chi connectivity index (χ1v) is 8.73. The number of sulfonamides is 1. The van der Waals surface area contributed by atoms with E-state index in [0.29, 0.717) is 12.8 Å². The van der Waals surface area contributed by atoms with Crippen LogP contribution in [-0.2, 0) is 10.0 Å². The fourth-order valence-electron chi connectivity index (χ4n) is 2.27. The minimum Gasteiger partial charge on any atom is -0.477 e. The number of thiophene rings is 1. The van der Waals surface area contributed by atoms with Crippen LogP contribution >= 0.6 is 11.3 Å². The van der Waals surface area contributed by atoms with Gasteiger partial charge in [0.1, 0.15) is 4.88 Å². The molecule has 20 heavy (non-hydrogen) atoms. The van der Waals surface area contributed by atoms with E-state index in [-0.39, 0.29) is 16.3 Å². The molecule has 1 aromatic rings. The molecule has 1 aromatic heterocycles. The molecule has 0 unspecified atom stereocenters. The third-order valence-corrected chi connectivity index (χ3v) is 5.92. The number of rotatable bonds is 5. The highest BCUT2D eigenvalue weighted by Gasteiger charge is 2.31. The normalized spacial score (nSPS) is 18.9. The molecule has 0 aromatic carbocycles. The molecule has 1 heterocycles. The van der Waals surface area contributed by atoms with Gasteiger partial charge in [-0.05, 0) is 18.9 Å². The van der Waals surface area contributed by atoms with Gasteiger partial charge in [-0.25, -0.2) is 17.9 Å². The molecular weight excluding hydrogens is 302 g/mol. The van der Waals surface area contributed by atoms with Crippen molar-refractivity contribution in [2.75, 3.05) is 6.54 Å². The van der Waals surface area contributed by atoms with Gasteiger partial charge in [0, 0.05) is 11.9 Å². The summed E-state index contributed by atoms with van der Waals surface area (Å²) in [6.45, 7) is -0.0341. The lowest BCUT2D eigenvalue weighted by atomic mass is 9.85. The summed E-state index contributed by atoms with van der Waals surface area (Å²) in [5.74, 6) is -1.15. The number of aliphatic hydroxyl groups is 1. The van der Waals surface area contributed by atoms with Crippen LogP contribution in [0, 0.1) is 0 Å². The van der Waals surface area contributed by atoms with Crippen LogP contribution in [0.4, 0.5) is 0 Å². The van der Waals surface area contributed by atoms with Crippen molar-refractivity contribution in [2.24, 2.45) is 0 Å². The Morgan fingerprint density at radius 2 is 2.00 bits per heavy atom. The standard InChI is InChI=1S/C12H17NO5S2/c14-11(15)10-6-9(7-19-10)20(17,18)13-8-12(16)4-2-1-3-5-12/h6-7,13,16H,1-5,8H2,(H,14,15). The Hall–Kier alpha value is -0.960. The van der Waals surface area contributed by atoms with Crippen molar-refractivity contribution in [2.45, 2.75) is 42.6 Å². The van der Waals surface area contributed by atoms with Crippen molar-refractivity contribution in [1.82, 2.24) is 4.72 Å². The van der Waals surface area contributed by atoms with E-state index in [1.165, 1.54) is 5.38 Å². The Morgan fingerprint density at radius 1 is 1.35 bits per heavy atom. The molecule has 112 valence electrons. The highest BCUT2D eigenvalue weighted by Crippen LogP contribution is 2.28. The van der Waals surface area contributed by atoms with E-state index in [0.717, 1.165) is 36.7 Å². The molecule has 1 saturated carbocycles. The SMILES string of the molecule is O=C(O)c1cc(S(=O)(=O)NCC2(O)CCCCC2)cs1. The lowest BCUT2D eigenvalue weighted by molar-refractivity contribution is 0.00945. The summed E-state index contributed by atoms with van der Waals surface area (Å²) in [4.78, 5) is 10.7. The van der Waals surface area contributed by atoms with E-state index >= 15 is 0 Å². The predicted octanol–water partition coefficient (Wildman–Crippen LogP) is 1.42. The van der Waals surface area contributed by atoms with Gasteiger partial charge >= 0.3 is 5.97 Å². The summed E-state index contributed by atoms with van der Waals surface area (Å²) in [6.07, 6.45) is 4.00. The van der Waals surface area contributed by atoms with E-state index < -0.39 is 21.6 Å². The molecule has 8 heteroatoms. The molecule has 0 bridgehead atoms. The Morgan fingerprint density at radius 3 is 2.55 bits per heavy atom. The van der Waals surface area contributed by atoms with Gasteiger partial charge in [0.25, 0.3) is 0 Å².